The van der Waals surface area contributed by atoms with Gasteiger partial charge >= 0.3 is 0 Å². The number of Topliss-reactive ketones (excluding diaryl/α,β-unsaturated/α-hetero) is 1. The van der Waals surface area contributed by atoms with Crippen LogP contribution in [0.15, 0.2) is 103 Å². The molecule has 5 N–H and O–H groups in total. The van der Waals surface area contributed by atoms with Gasteiger partial charge in [0.1, 0.15) is 11.6 Å². The Morgan fingerprint density at radius 2 is 1.26 bits per heavy atom. The second-order valence-corrected chi connectivity index (χ2v) is 11.0. The first-order chi connectivity index (χ1) is 24.4. The standard InChI is InChI=1S/C37H38FN7O5/c38-29-12-8-26(9-13-29)25-40-34(48)28-10-14-30(15-11-28)41-36-43-35(44-37(45-36)42-31-16-18-32(46)19-17-31)39-20-22-50-24-23-49-21-4-7-33(47)27-5-2-1-3-6-27/h1-3,5-6,8-19,46H,4,7,20-25H2,(H,40,48)(H3,39,41,42,43,44,45). The molecule has 0 atom stereocenters. The van der Waals surface area contributed by atoms with Gasteiger partial charge in [0.2, 0.25) is 17.8 Å². The number of aromatic nitrogens is 3. The molecule has 0 unspecified atom stereocenters. The average molecular weight is 680 g/mol. The van der Waals surface area contributed by atoms with Gasteiger partial charge in [-0.05, 0) is 72.6 Å². The molecule has 13 heteroatoms. The molecule has 4 aromatic carbocycles. The Bertz CT molecular complexity index is 1810. The van der Waals surface area contributed by atoms with Crippen molar-refractivity contribution in [3.05, 3.63) is 126 Å². The zero-order valence-electron chi connectivity index (χ0n) is 27.3. The molecule has 5 rings (SSSR count). The molecule has 0 saturated heterocycles. The number of carbonyl (C=O) groups is 2. The Morgan fingerprint density at radius 3 is 1.92 bits per heavy atom. The van der Waals surface area contributed by atoms with Gasteiger partial charge in [-0.15, -0.1) is 0 Å². The maximum atomic E-state index is 13.2. The number of amides is 1. The Balaban J connectivity index is 1.09. The van der Waals surface area contributed by atoms with Gasteiger partial charge in [-0.25, -0.2) is 4.39 Å². The van der Waals surface area contributed by atoms with E-state index in [-0.39, 0.29) is 41.7 Å². The molecule has 1 aromatic heterocycles. The number of aromatic hydroxyl groups is 1. The molecule has 50 heavy (non-hydrogen) atoms. The molecule has 0 spiro atoms. The summed E-state index contributed by atoms with van der Waals surface area (Å²) in [6.07, 6.45) is 1.08. The van der Waals surface area contributed by atoms with E-state index < -0.39 is 0 Å². The number of nitrogens with zero attached hydrogens (tertiary/aromatic N) is 3. The first-order valence-electron chi connectivity index (χ1n) is 16.1. The van der Waals surface area contributed by atoms with Crippen LogP contribution in [0.1, 0.15) is 39.1 Å². The van der Waals surface area contributed by atoms with E-state index in [1.54, 1.807) is 60.7 Å². The van der Waals surface area contributed by atoms with Crippen LogP contribution < -0.4 is 21.3 Å². The van der Waals surface area contributed by atoms with Crippen molar-refractivity contribution in [2.75, 3.05) is 48.9 Å². The second-order valence-electron chi connectivity index (χ2n) is 11.0. The van der Waals surface area contributed by atoms with E-state index in [0.29, 0.717) is 74.3 Å². The van der Waals surface area contributed by atoms with Crippen LogP contribution in [-0.2, 0) is 16.0 Å². The predicted octanol–water partition coefficient (Wildman–Crippen LogP) is 6.24. The molecule has 1 heterocycles. The number of rotatable bonds is 19. The topological polar surface area (TPSA) is 160 Å². The van der Waals surface area contributed by atoms with Gasteiger partial charge in [-0.1, -0.05) is 42.5 Å². The number of nitrogens with one attached hydrogen (secondary N) is 4. The average Bonchev–Trinajstić information content (AvgIpc) is 3.13. The molecular weight excluding hydrogens is 641 g/mol. The van der Waals surface area contributed by atoms with Crippen LogP contribution in [0.25, 0.3) is 0 Å². The number of hydrogen-bond donors (Lipinski definition) is 5. The second kappa shape index (κ2) is 18.6. The summed E-state index contributed by atoms with van der Waals surface area (Å²) in [5, 5.41) is 21.8. The summed E-state index contributed by atoms with van der Waals surface area (Å²) < 4.78 is 24.4. The van der Waals surface area contributed by atoms with Crippen LogP contribution in [0.4, 0.5) is 33.6 Å². The van der Waals surface area contributed by atoms with Crippen LogP contribution in [0.3, 0.4) is 0 Å². The number of halogens is 1. The summed E-state index contributed by atoms with van der Waals surface area (Å²) in [5.74, 6) is 0.436. The van der Waals surface area contributed by atoms with E-state index in [9.17, 15) is 19.1 Å². The SMILES string of the molecule is O=C(CCCOCCOCCNc1nc(Nc2ccc(O)cc2)nc(Nc2ccc(C(=O)NCc3ccc(F)cc3)cc2)n1)c1ccccc1. The maximum absolute atomic E-state index is 13.2. The number of ether oxygens (including phenoxy) is 2. The van der Waals surface area contributed by atoms with Crippen molar-refractivity contribution in [1.29, 1.82) is 0 Å². The lowest BCUT2D eigenvalue weighted by Gasteiger charge is -2.12. The van der Waals surface area contributed by atoms with Crippen molar-refractivity contribution >= 4 is 40.9 Å². The highest BCUT2D eigenvalue weighted by Gasteiger charge is 2.10. The highest BCUT2D eigenvalue weighted by molar-refractivity contribution is 5.96. The minimum atomic E-state index is -0.332. The molecule has 1 amide bonds. The Hall–Kier alpha value is -5.92. The third kappa shape index (κ3) is 11.6. The third-order valence-electron chi connectivity index (χ3n) is 7.22. The van der Waals surface area contributed by atoms with Gasteiger partial charge < -0.3 is 35.8 Å². The van der Waals surface area contributed by atoms with Gasteiger partial charge in [0, 0.05) is 48.6 Å². The summed E-state index contributed by atoms with van der Waals surface area (Å²) in [7, 11) is 0. The minimum absolute atomic E-state index is 0.105. The lowest BCUT2D eigenvalue weighted by atomic mass is 10.1. The summed E-state index contributed by atoms with van der Waals surface area (Å²) in [6.45, 7) is 2.34. The van der Waals surface area contributed by atoms with E-state index in [4.69, 9.17) is 9.47 Å². The number of hydrogen-bond acceptors (Lipinski definition) is 11. The van der Waals surface area contributed by atoms with Crippen molar-refractivity contribution in [1.82, 2.24) is 20.3 Å². The molecule has 0 bridgehead atoms. The van der Waals surface area contributed by atoms with Crippen molar-refractivity contribution in [2.24, 2.45) is 0 Å². The molecule has 0 fully saturated rings. The van der Waals surface area contributed by atoms with Gasteiger partial charge in [0.05, 0.1) is 19.8 Å². The Labute approximate surface area is 289 Å². The molecule has 258 valence electrons. The largest absolute Gasteiger partial charge is 0.508 e. The summed E-state index contributed by atoms with van der Waals surface area (Å²) >= 11 is 0. The number of carbonyl (C=O) groups excluding carboxylic acids is 2. The smallest absolute Gasteiger partial charge is 0.251 e. The zero-order chi connectivity index (χ0) is 35.0. The fourth-order valence-corrected chi connectivity index (χ4v) is 4.62. The first kappa shape index (κ1) is 35.4. The van der Waals surface area contributed by atoms with Gasteiger partial charge in [0.15, 0.2) is 5.78 Å². The van der Waals surface area contributed by atoms with Gasteiger partial charge in [-0.2, -0.15) is 15.0 Å². The quantitative estimate of drug-likeness (QED) is 0.0382. The summed E-state index contributed by atoms with van der Waals surface area (Å²) in [4.78, 5) is 38.2. The number of anilines is 5. The highest BCUT2D eigenvalue weighted by atomic mass is 19.1. The Kier molecular flexibility index (Phi) is 13.1. The fraction of sp³-hybridized carbons (Fsp3) is 0.216. The number of ketones is 1. The number of benzene rings is 4. The molecule has 5 aromatic rings. The van der Waals surface area contributed by atoms with Crippen LogP contribution >= 0.6 is 0 Å². The Morgan fingerprint density at radius 1 is 0.660 bits per heavy atom. The van der Waals surface area contributed by atoms with Crippen molar-refractivity contribution in [3.63, 3.8) is 0 Å². The maximum Gasteiger partial charge on any atom is 0.251 e. The molecule has 12 nitrogen and oxygen atoms in total. The van der Waals surface area contributed by atoms with Crippen molar-refractivity contribution < 1.29 is 28.6 Å². The van der Waals surface area contributed by atoms with Crippen LogP contribution in [-0.4, -0.2) is 64.7 Å². The van der Waals surface area contributed by atoms with Crippen molar-refractivity contribution in [3.8, 4) is 5.75 Å². The molecule has 0 saturated carbocycles. The van der Waals surface area contributed by atoms with Crippen molar-refractivity contribution in [2.45, 2.75) is 19.4 Å². The number of phenolic OH excluding ortho intramolecular Hbond substituents is 1. The zero-order valence-corrected chi connectivity index (χ0v) is 27.3. The van der Waals surface area contributed by atoms with E-state index in [1.807, 2.05) is 30.3 Å². The van der Waals surface area contributed by atoms with E-state index in [1.165, 1.54) is 12.1 Å². The summed E-state index contributed by atoms with van der Waals surface area (Å²) in [6, 6.07) is 28.4. The molecule has 0 aliphatic heterocycles. The van der Waals surface area contributed by atoms with Crippen LogP contribution in [0.5, 0.6) is 5.75 Å². The van der Waals surface area contributed by atoms with E-state index in [2.05, 4.69) is 36.2 Å². The number of phenols is 1. The lowest BCUT2D eigenvalue weighted by molar-refractivity contribution is 0.0497. The monoisotopic (exact) mass is 679 g/mol. The van der Waals surface area contributed by atoms with Crippen LogP contribution in [0, 0.1) is 5.82 Å². The molecule has 0 aliphatic carbocycles. The van der Waals surface area contributed by atoms with Gasteiger partial charge in [-0.3, -0.25) is 9.59 Å². The van der Waals surface area contributed by atoms with E-state index >= 15 is 0 Å². The first-order valence-corrected chi connectivity index (χ1v) is 16.1. The molecular formula is C37H38FN7O5. The fourth-order valence-electron chi connectivity index (χ4n) is 4.62. The van der Waals surface area contributed by atoms with Gasteiger partial charge in [0.25, 0.3) is 5.91 Å². The lowest BCUT2D eigenvalue weighted by Crippen LogP contribution is -2.22. The molecule has 0 aliphatic rings. The highest BCUT2D eigenvalue weighted by Crippen LogP contribution is 2.21. The predicted molar refractivity (Wildman–Crippen MR) is 189 cm³/mol. The van der Waals surface area contributed by atoms with E-state index in [0.717, 1.165) is 5.56 Å². The third-order valence-corrected chi connectivity index (χ3v) is 7.22. The van der Waals surface area contributed by atoms with Crippen LogP contribution in [0.2, 0.25) is 0 Å². The summed E-state index contributed by atoms with van der Waals surface area (Å²) in [5.41, 5.74) is 3.25. The normalized spacial score (nSPS) is 10.7. The molecule has 0 radical (unpaired) electrons. The minimum Gasteiger partial charge on any atom is -0.508 e.